The highest BCUT2D eigenvalue weighted by atomic mass is 16.5. The summed E-state index contributed by atoms with van der Waals surface area (Å²) in [5, 5.41) is 15.0. The Labute approximate surface area is 112 Å². The number of nitrogens with zero attached hydrogens (tertiary/aromatic N) is 2. The quantitative estimate of drug-likeness (QED) is 0.306. The third kappa shape index (κ3) is 3.21. The molecule has 4 N–H and O–H groups in total. The van der Waals surface area contributed by atoms with Gasteiger partial charge in [-0.1, -0.05) is 5.16 Å². The first-order chi connectivity index (χ1) is 9.19. The number of oxime groups is 1. The number of nitrogens with one attached hydrogen (secondary N) is 1. The van der Waals surface area contributed by atoms with Crippen LogP contribution in [0.1, 0.15) is 30.5 Å². The third-order valence-electron chi connectivity index (χ3n) is 3.67. The van der Waals surface area contributed by atoms with Gasteiger partial charge < -0.3 is 21.0 Å². The summed E-state index contributed by atoms with van der Waals surface area (Å²) in [7, 11) is 1.77. The molecule has 1 aromatic rings. The van der Waals surface area contributed by atoms with Gasteiger partial charge in [-0.2, -0.15) is 0 Å². The summed E-state index contributed by atoms with van der Waals surface area (Å²) in [4.78, 5) is 4.04. The monoisotopic (exact) mass is 264 g/mol. The van der Waals surface area contributed by atoms with Crippen LogP contribution in [0.25, 0.3) is 0 Å². The van der Waals surface area contributed by atoms with Gasteiger partial charge in [0, 0.05) is 26.4 Å². The molecule has 1 heterocycles. The number of aromatic nitrogens is 1. The molecule has 0 amide bonds. The summed E-state index contributed by atoms with van der Waals surface area (Å²) in [6.07, 6.45) is 5.11. The van der Waals surface area contributed by atoms with Crippen LogP contribution in [-0.2, 0) is 11.3 Å². The average Bonchev–Trinajstić information content (AvgIpc) is 2.41. The fourth-order valence-electron chi connectivity index (χ4n) is 2.23. The topological polar surface area (TPSA) is 92.8 Å². The first-order valence-corrected chi connectivity index (χ1v) is 6.38. The molecule has 1 aliphatic carbocycles. The second-order valence-corrected chi connectivity index (χ2v) is 4.88. The van der Waals surface area contributed by atoms with Gasteiger partial charge in [0.25, 0.3) is 0 Å². The van der Waals surface area contributed by atoms with E-state index in [1.54, 1.807) is 13.3 Å². The smallest absolute Gasteiger partial charge is 0.188 e. The van der Waals surface area contributed by atoms with E-state index in [-0.39, 0.29) is 11.4 Å². The van der Waals surface area contributed by atoms with Crippen molar-refractivity contribution >= 4 is 5.84 Å². The molecular formula is C13H20N4O2. The normalized spacial score (nSPS) is 18.1. The molecule has 0 aromatic carbocycles. The lowest BCUT2D eigenvalue weighted by Gasteiger charge is -2.40. The van der Waals surface area contributed by atoms with Gasteiger partial charge in [0.15, 0.2) is 5.84 Å². The second-order valence-electron chi connectivity index (χ2n) is 4.88. The Morgan fingerprint density at radius 1 is 1.63 bits per heavy atom. The van der Waals surface area contributed by atoms with Crippen LogP contribution in [0.15, 0.2) is 23.5 Å². The SMILES string of the molecule is COC1(CNCc2ccnc(/C(N)=N/O)c2)CCC1. The molecule has 0 atom stereocenters. The van der Waals surface area contributed by atoms with E-state index >= 15 is 0 Å². The van der Waals surface area contributed by atoms with Crippen molar-refractivity contribution in [2.24, 2.45) is 10.9 Å². The summed E-state index contributed by atoms with van der Waals surface area (Å²) in [5.41, 5.74) is 7.05. The Kier molecular flexibility index (Phi) is 4.34. The largest absolute Gasteiger partial charge is 0.409 e. The second kappa shape index (κ2) is 5.99. The maximum absolute atomic E-state index is 8.62. The molecule has 1 saturated carbocycles. The Morgan fingerprint density at radius 3 is 3.00 bits per heavy atom. The van der Waals surface area contributed by atoms with Gasteiger partial charge in [-0.25, -0.2) is 0 Å². The van der Waals surface area contributed by atoms with Gasteiger partial charge in [0.05, 0.1) is 5.60 Å². The van der Waals surface area contributed by atoms with Crippen molar-refractivity contribution in [2.45, 2.75) is 31.4 Å². The number of amidine groups is 1. The molecule has 0 radical (unpaired) electrons. The van der Waals surface area contributed by atoms with Gasteiger partial charge in [0.1, 0.15) is 5.69 Å². The Hall–Kier alpha value is -1.66. The van der Waals surface area contributed by atoms with Gasteiger partial charge in [-0.3, -0.25) is 4.98 Å². The Bertz CT molecular complexity index is 452. The third-order valence-corrected chi connectivity index (χ3v) is 3.67. The van der Waals surface area contributed by atoms with Gasteiger partial charge in [-0.05, 0) is 37.0 Å². The van der Waals surface area contributed by atoms with E-state index in [4.69, 9.17) is 15.7 Å². The van der Waals surface area contributed by atoms with E-state index in [1.165, 1.54) is 6.42 Å². The lowest BCUT2D eigenvalue weighted by Crippen LogP contribution is -2.47. The first kappa shape index (κ1) is 13.8. The fraction of sp³-hybridized carbons (Fsp3) is 0.538. The van der Waals surface area contributed by atoms with Crippen LogP contribution in [0.5, 0.6) is 0 Å². The minimum absolute atomic E-state index is 0.0153. The average molecular weight is 264 g/mol. The van der Waals surface area contributed by atoms with Crippen molar-refractivity contribution < 1.29 is 9.94 Å². The number of ether oxygens (including phenoxy) is 1. The molecule has 6 heteroatoms. The van der Waals surface area contributed by atoms with Crippen LogP contribution in [0.2, 0.25) is 0 Å². The van der Waals surface area contributed by atoms with E-state index in [2.05, 4.69) is 15.5 Å². The molecule has 1 fully saturated rings. The molecule has 0 saturated heterocycles. The standard InChI is InChI=1S/C13H20N4O2/c1-19-13(4-2-5-13)9-15-8-10-3-6-16-11(7-10)12(14)17-18/h3,6-7,15,18H,2,4-5,8-9H2,1H3,(H2,14,17). The van der Waals surface area contributed by atoms with Crippen LogP contribution < -0.4 is 11.1 Å². The zero-order valence-corrected chi connectivity index (χ0v) is 11.1. The molecule has 19 heavy (non-hydrogen) atoms. The molecule has 6 nitrogen and oxygen atoms in total. The van der Waals surface area contributed by atoms with Crippen LogP contribution in [-0.4, -0.2) is 35.3 Å². The van der Waals surface area contributed by atoms with Crippen LogP contribution >= 0.6 is 0 Å². The predicted molar refractivity (Wildman–Crippen MR) is 72.0 cm³/mol. The fourth-order valence-corrected chi connectivity index (χ4v) is 2.23. The zero-order chi connectivity index (χ0) is 13.7. The van der Waals surface area contributed by atoms with Crippen molar-refractivity contribution in [3.05, 3.63) is 29.6 Å². The molecule has 0 unspecified atom stereocenters. The lowest BCUT2D eigenvalue weighted by molar-refractivity contribution is -0.0695. The Balaban J connectivity index is 1.89. The zero-order valence-electron chi connectivity index (χ0n) is 11.1. The van der Waals surface area contributed by atoms with E-state index in [1.807, 2.05) is 12.1 Å². The van der Waals surface area contributed by atoms with Crippen LogP contribution in [0.4, 0.5) is 0 Å². The highest BCUT2D eigenvalue weighted by Crippen LogP contribution is 2.34. The molecule has 104 valence electrons. The molecule has 2 rings (SSSR count). The van der Waals surface area contributed by atoms with Gasteiger partial charge >= 0.3 is 0 Å². The predicted octanol–water partition coefficient (Wildman–Crippen LogP) is 0.835. The van der Waals surface area contributed by atoms with Crippen LogP contribution in [0, 0.1) is 0 Å². The molecule has 1 aliphatic rings. The minimum atomic E-state index is 0.0153. The number of rotatable bonds is 6. The van der Waals surface area contributed by atoms with Gasteiger partial charge in [-0.15, -0.1) is 0 Å². The maximum Gasteiger partial charge on any atom is 0.188 e. The molecule has 0 bridgehead atoms. The Morgan fingerprint density at radius 2 is 2.42 bits per heavy atom. The maximum atomic E-state index is 8.62. The highest BCUT2D eigenvalue weighted by molar-refractivity contribution is 5.95. The van der Waals surface area contributed by atoms with E-state index in [0.717, 1.165) is 24.9 Å². The molecule has 0 spiro atoms. The van der Waals surface area contributed by atoms with Crippen molar-refractivity contribution in [1.82, 2.24) is 10.3 Å². The van der Waals surface area contributed by atoms with Crippen molar-refractivity contribution in [3.8, 4) is 0 Å². The molecule has 0 aliphatic heterocycles. The van der Waals surface area contributed by atoms with Crippen molar-refractivity contribution in [3.63, 3.8) is 0 Å². The van der Waals surface area contributed by atoms with E-state index < -0.39 is 0 Å². The summed E-state index contributed by atoms with van der Waals surface area (Å²) in [6, 6.07) is 3.71. The first-order valence-electron chi connectivity index (χ1n) is 6.38. The lowest BCUT2D eigenvalue weighted by atomic mass is 9.80. The number of hydrogen-bond donors (Lipinski definition) is 3. The summed E-state index contributed by atoms with van der Waals surface area (Å²) in [5.74, 6) is 0.0224. The number of methoxy groups -OCH3 is 1. The summed E-state index contributed by atoms with van der Waals surface area (Å²) < 4.78 is 5.54. The summed E-state index contributed by atoms with van der Waals surface area (Å²) >= 11 is 0. The minimum Gasteiger partial charge on any atom is -0.409 e. The summed E-state index contributed by atoms with van der Waals surface area (Å²) in [6.45, 7) is 1.55. The number of hydrogen-bond acceptors (Lipinski definition) is 5. The highest BCUT2D eigenvalue weighted by Gasteiger charge is 2.36. The molecular weight excluding hydrogens is 244 g/mol. The van der Waals surface area contributed by atoms with Crippen molar-refractivity contribution in [2.75, 3.05) is 13.7 Å². The van der Waals surface area contributed by atoms with Crippen LogP contribution in [0.3, 0.4) is 0 Å². The van der Waals surface area contributed by atoms with E-state index in [9.17, 15) is 0 Å². The van der Waals surface area contributed by atoms with E-state index in [0.29, 0.717) is 12.2 Å². The van der Waals surface area contributed by atoms with Crippen molar-refractivity contribution in [1.29, 1.82) is 0 Å². The van der Waals surface area contributed by atoms with Gasteiger partial charge in [0.2, 0.25) is 0 Å². The number of pyridine rings is 1. The number of nitrogens with two attached hydrogens (primary N) is 1. The molecule has 1 aromatic heterocycles.